The van der Waals surface area contributed by atoms with Gasteiger partial charge in [-0.25, -0.2) is 8.42 Å². The highest BCUT2D eigenvalue weighted by molar-refractivity contribution is 7.88. The molecule has 0 saturated carbocycles. The number of nitrogens with zero attached hydrogens (tertiary/aromatic N) is 2. The first-order valence-corrected chi connectivity index (χ1v) is 12.5. The Hall–Kier alpha value is -2.66. The van der Waals surface area contributed by atoms with Gasteiger partial charge in [0.2, 0.25) is 15.9 Å². The average Bonchev–Trinajstić information content (AvgIpc) is 2.76. The average molecular weight is 495 g/mol. The van der Waals surface area contributed by atoms with Gasteiger partial charge in [0.05, 0.1) is 36.8 Å². The van der Waals surface area contributed by atoms with Gasteiger partial charge in [0.15, 0.2) is 0 Å². The van der Waals surface area contributed by atoms with Gasteiger partial charge in [-0.2, -0.15) is 4.31 Å². The molecule has 2 amide bonds. The Kier molecular flexibility index (Phi) is 7.96. The Labute approximate surface area is 198 Å². The number of rotatable bonds is 7. The van der Waals surface area contributed by atoms with E-state index in [2.05, 4.69) is 10.6 Å². The Balaban J connectivity index is 1.66. The second-order valence-electron chi connectivity index (χ2n) is 7.79. The molecule has 2 aromatic carbocycles. The summed E-state index contributed by atoms with van der Waals surface area (Å²) in [5.41, 5.74) is 1.92. The van der Waals surface area contributed by atoms with Gasteiger partial charge >= 0.3 is 0 Å². The summed E-state index contributed by atoms with van der Waals surface area (Å²) in [6.45, 7) is 3.51. The van der Waals surface area contributed by atoms with Crippen LogP contribution in [0, 0.1) is 6.92 Å². The number of nitrogens with one attached hydrogen (secondary N) is 2. The van der Waals surface area contributed by atoms with Crippen LogP contribution < -0.4 is 15.4 Å². The molecule has 0 bridgehead atoms. The number of ether oxygens (including phenoxy) is 1. The molecule has 1 fully saturated rings. The molecule has 0 radical (unpaired) electrons. The van der Waals surface area contributed by atoms with E-state index >= 15 is 0 Å². The molecule has 1 aliphatic heterocycles. The molecule has 1 saturated heterocycles. The first-order chi connectivity index (χ1) is 15.6. The number of hydrogen-bond donors (Lipinski definition) is 2. The molecule has 9 nitrogen and oxygen atoms in total. The fraction of sp³-hybridized carbons (Fsp3) is 0.364. The van der Waals surface area contributed by atoms with E-state index in [4.69, 9.17) is 16.3 Å². The summed E-state index contributed by atoms with van der Waals surface area (Å²) in [4.78, 5) is 27.5. The van der Waals surface area contributed by atoms with Crippen LogP contribution in [0.3, 0.4) is 0 Å². The summed E-state index contributed by atoms with van der Waals surface area (Å²) >= 11 is 6.13. The van der Waals surface area contributed by atoms with Crippen molar-refractivity contribution in [2.24, 2.45) is 0 Å². The number of sulfonamides is 1. The predicted octanol–water partition coefficient (Wildman–Crippen LogP) is 2.43. The molecular weight excluding hydrogens is 468 g/mol. The molecule has 1 heterocycles. The number of hydrogen-bond acceptors (Lipinski definition) is 6. The molecular formula is C22H27ClN4O5S. The van der Waals surface area contributed by atoms with Gasteiger partial charge in [-0.05, 0) is 30.7 Å². The van der Waals surface area contributed by atoms with Gasteiger partial charge < -0.3 is 15.4 Å². The number of carbonyl (C=O) groups excluding carboxylic acids is 2. The Bertz CT molecular complexity index is 1150. The summed E-state index contributed by atoms with van der Waals surface area (Å²) in [5, 5.41) is 6.13. The molecule has 3 rings (SSSR count). The van der Waals surface area contributed by atoms with Crippen LogP contribution in [-0.4, -0.2) is 75.5 Å². The van der Waals surface area contributed by atoms with E-state index in [1.807, 2.05) is 11.8 Å². The maximum absolute atomic E-state index is 13.0. The summed E-state index contributed by atoms with van der Waals surface area (Å²) in [5.74, 6) is -0.274. The second-order valence-corrected chi connectivity index (χ2v) is 10.2. The van der Waals surface area contributed by atoms with E-state index in [0.717, 1.165) is 5.56 Å². The Morgan fingerprint density at radius 3 is 2.36 bits per heavy atom. The van der Waals surface area contributed by atoms with E-state index in [1.54, 1.807) is 36.4 Å². The normalized spacial score (nSPS) is 15.2. The van der Waals surface area contributed by atoms with Crippen molar-refractivity contribution in [2.75, 3.05) is 56.7 Å². The highest BCUT2D eigenvalue weighted by Gasteiger charge is 2.25. The zero-order valence-electron chi connectivity index (χ0n) is 18.7. The fourth-order valence-corrected chi connectivity index (χ4v) is 4.50. The highest BCUT2D eigenvalue weighted by atomic mass is 35.5. The summed E-state index contributed by atoms with van der Waals surface area (Å²) in [6.07, 6.45) is 1.18. The largest absolute Gasteiger partial charge is 0.495 e. The smallest absolute Gasteiger partial charge is 0.257 e. The fourth-order valence-electron chi connectivity index (χ4n) is 3.52. The summed E-state index contributed by atoms with van der Waals surface area (Å²) < 4.78 is 30.0. The summed E-state index contributed by atoms with van der Waals surface area (Å²) in [7, 11) is -1.75. The van der Waals surface area contributed by atoms with E-state index in [0.29, 0.717) is 53.9 Å². The third-order valence-corrected chi connectivity index (χ3v) is 7.05. The van der Waals surface area contributed by atoms with Crippen molar-refractivity contribution in [3.8, 4) is 5.75 Å². The van der Waals surface area contributed by atoms with E-state index in [9.17, 15) is 18.0 Å². The minimum Gasteiger partial charge on any atom is -0.495 e. The molecule has 0 aliphatic carbocycles. The standard InChI is InChI=1S/C22H27ClN4O5S/c1-15-12-19(20(32-2)13-17(15)23)25-22(29)16-6-4-5-7-18(16)24-21(28)14-26-8-10-27(11-9-26)33(3,30)31/h4-7,12-13H,8-11,14H2,1-3H3,(H,24,28)(H,25,29). The van der Waals surface area contributed by atoms with Crippen LogP contribution in [0.5, 0.6) is 5.75 Å². The maximum atomic E-state index is 13.0. The number of para-hydroxylation sites is 1. The van der Waals surface area contributed by atoms with Crippen molar-refractivity contribution in [1.82, 2.24) is 9.21 Å². The lowest BCUT2D eigenvalue weighted by Crippen LogP contribution is -2.50. The lowest BCUT2D eigenvalue weighted by atomic mass is 10.1. The van der Waals surface area contributed by atoms with Gasteiger partial charge in [-0.1, -0.05) is 23.7 Å². The van der Waals surface area contributed by atoms with Crippen molar-refractivity contribution in [3.63, 3.8) is 0 Å². The number of aryl methyl sites for hydroxylation is 1. The maximum Gasteiger partial charge on any atom is 0.257 e. The van der Waals surface area contributed by atoms with Crippen LogP contribution in [0.1, 0.15) is 15.9 Å². The second kappa shape index (κ2) is 10.5. The number of amides is 2. The number of halogens is 1. The number of benzene rings is 2. The van der Waals surface area contributed by atoms with Crippen LogP contribution in [0.2, 0.25) is 5.02 Å². The Morgan fingerprint density at radius 1 is 1.06 bits per heavy atom. The molecule has 0 unspecified atom stereocenters. The highest BCUT2D eigenvalue weighted by Crippen LogP contribution is 2.31. The first-order valence-electron chi connectivity index (χ1n) is 10.3. The van der Waals surface area contributed by atoms with E-state index in [-0.39, 0.29) is 12.5 Å². The molecule has 0 aromatic heterocycles. The van der Waals surface area contributed by atoms with Crippen LogP contribution in [0.25, 0.3) is 0 Å². The van der Waals surface area contributed by atoms with Crippen LogP contribution in [-0.2, 0) is 14.8 Å². The zero-order valence-corrected chi connectivity index (χ0v) is 20.3. The SMILES string of the molecule is COc1cc(Cl)c(C)cc1NC(=O)c1ccccc1NC(=O)CN1CCN(S(C)(=O)=O)CC1. The van der Waals surface area contributed by atoms with Crippen LogP contribution in [0.15, 0.2) is 36.4 Å². The first kappa shape index (κ1) is 25.0. The minimum atomic E-state index is -3.23. The number of piperazine rings is 1. The van der Waals surface area contributed by atoms with Crippen molar-refractivity contribution in [2.45, 2.75) is 6.92 Å². The summed E-state index contributed by atoms with van der Waals surface area (Å²) in [6, 6.07) is 10.0. The monoisotopic (exact) mass is 494 g/mol. The zero-order chi connectivity index (χ0) is 24.2. The number of methoxy groups -OCH3 is 1. The molecule has 0 atom stereocenters. The molecule has 178 valence electrons. The number of anilines is 2. The third-order valence-electron chi connectivity index (χ3n) is 5.34. The molecule has 33 heavy (non-hydrogen) atoms. The molecule has 11 heteroatoms. The Morgan fingerprint density at radius 2 is 1.73 bits per heavy atom. The van der Waals surface area contributed by atoms with Crippen molar-refractivity contribution >= 4 is 44.8 Å². The third kappa shape index (κ3) is 6.44. The van der Waals surface area contributed by atoms with Gasteiger partial charge in [0.25, 0.3) is 5.91 Å². The lowest BCUT2D eigenvalue weighted by molar-refractivity contribution is -0.117. The van der Waals surface area contributed by atoms with Crippen LogP contribution in [0.4, 0.5) is 11.4 Å². The lowest BCUT2D eigenvalue weighted by Gasteiger charge is -2.32. The predicted molar refractivity (Wildman–Crippen MR) is 129 cm³/mol. The quantitative estimate of drug-likeness (QED) is 0.612. The van der Waals surface area contributed by atoms with E-state index in [1.165, 1.54) is 17.7 Å². The molecule has 2 aromatic rings. The van der Waals surface area contributed by atoms with Gasteiger partial charge in [0.1, 0.15) is 5.75 Å². The van der Waals surface area contributed by atoms with Crippen LogP contribution >= 0.6 is 11.6 Å². The van der Waals surface area contributed by atoms with Gasteiger partial charge in [-0.15, -0.1) is 0 Å². The van der Waals surface area contributed by atoms with Crippen molar-refractivity contribution in [1.29, 1.82) is 0 Å². The molecule has 2 N–H and O–H groups in total. The van der Waals surface area contributed by atoms with E-state index < -0.39 is 15.9 Å². The minimum absolute atomic E-state index is 0.0950. The molecule has 0 spiro atoms. The molecule has 1 aliphatic rings. The number of carbonyl (C=O) groups is 2. The van der Waals surface area contributed by atoms with Gasteiger partial charge in [0, 0.05) is 37.3 Å². The van der Waals surface area contributed by atoms with Crippen molar-refractivity contribution < 1.29 is 22.7 Å². The topological polar surface area (TPSA) is 108 Å². The van der Waals surface area contributed by atoms with Crippen molar-refractivity contribution in [3.05, 3.63) is 52.5 Å². The van der Waals surface area contributed by atoms with Gasteiger partial charge in [-0.3, -0.25) is 14.5 Å².